The molecule has 1 saturated heterocycles. The van der Waals surface area contributed by atoms with Crippen LogP contribution < -0.4 is 10.6 Å². The van der Waals surface area contributed by atoms with Crippen molar-refractivity contribution in [2.45, 2.75) is 12.8 Å². The van der Waals surface area contributed by atoms with Crippen LogP contribution in [0.4, 0.5) is 5.82 Å². The van der Waals surface area contributed by atoms with Gasteiger partial charge >= 0.3 is 0 Å². The number of aromatic nitrogens is 2. The van der Waals surface area contributed by atoms with E-state index < -0.39 is 0 Å². The maximum absolute atomic E-state index is 5.68. The molecule has 14 heavy (non-hydrogen) atoms. The number of nitrogens with two attached hydrogens (primary N) is 1. The van der Waals surface area contributed by atoms with Gasteiger partial charge in [0.15, 0.2) is 0 Å². The standard InChI is InChI=1S/C10H16N4/c11-6-9-2-1-5-14(8-9)10-7-12-3-4-13-10/h3-4,7,9H,1-2,5-6,8,11H2/t9-/m0/s1. The first kappa shape index (κ1) is 9.40. The van der Waals surface area contributed by atoms with Crippen molar-refractivity contribution < 1.29 is 0 Å². The van der Waals surface area contributed by atoms with Gasteiger partial charge in [0.1, 0.15) is 5.82 Å². The van der Waals surface area contributed by atoms with E-state index in [0.29, 0.717) is 5.92 Å². The van der Waals surface area contributed by atoms with Crippen LogP contribution in [0, 0.1) is 5.92 Å². The maximum atomic E-state index is 5.68. The molecule has 0 unspecified atom stereocenters. The molecule has 0 radical (unpaired) electrons. The van der Waals surface area contributed by atoms with E-state index in [9.17, 15) is 0 Å². The lowest BCUT2D eigenvalue weighted by Crippen LogP contribution is -2.38. The molecule has 0 aliphatic carbocycles. The zero-order chi connectivity index (χ0) is 9.80. The fraction of sp³-hybridized carbons (Fsp3) is 0.600. The Morgan fingerprint density at radius 1 is 1.50 bits per heavy atom. The third kappa shape index (κ3) is 2.01. The second kappa shape index (κ2) is 4.37. The Balaban J connectivity index is 2.04. The summed E-state index contributed by atoms with van der Waals surface area (Å²) in [6, 6.07) is 0. The molecule has 0 amide bonds. The van der Waals surface area contributed by atoms with Gasteiger partial charge in [-0.2, -0.15) is 0 Å². The van der Waals surface area contributed by atoms with E-state index in [1.54, 1.807) is 12.4 Å². The molecule has 4 heteroatoms. The molecule has 1 atom stereocenters. The molecule has 2 N–H and O–H groups in total. The molecular formula is C10H16N4. The van der Waals surface area contributed by atoms with Gasteiger partial charge in [0, 0.05) is 25.5 Å². The predicted octanol–water partition coefficient (Wildman–Crippen LogP) is 0.652. The van der Waals surface area contributed by atoms with E-state index in [4.69, 9.17) is 5.73 Å². The SMILES string of the molecule is NC[C@@H]1CCCN(c2cnccn2)C1. The van der Waals surface area contributed by atoms with Crippen LogP contribution in [0.15, 0.2) is 18.6 Å². The van der Waals surface area contributed by atoms with Crippen LogP contribution in [0.5, 0.6) is 0 Å². The van der Waals surface area contributed by atoms with Crippen LogP contribution in [0.1, 0.15) is 12.8 Å². The lowest BCUT2D eigenvalue weighted by molar-refractivity contribution is 0.421. The second-order valence-electron chi connectivity index (χ2n) is 3.75. The van der Waals surface area contributed by atoms with E-state index in [1.165, 1.54) is 12.8 Å². The first-order valence-corrected chi connectivity index (χ1v) is 5.11. The van der Waals surface area contributed by atoms with Crippen LogP contribution in [0.2, 0.25) is 0 Å². The fourth-order valence-corrected chi connectivity index (χ4v) is 1.92. The Morgan fingerprint density at radius 2 is 2.43 bits per heavy atom. The number of nitrogens with zero attached hydrogens (tertiary/aromatic N) is 3. The van der Waals surface area contributed by atoms with Crippen molar-refractivity contribution in [1.82, 2.24) is 9.97 Å². The van der Waals surface area contributed by atoms with Crippen molar-refractivity contribution in [3.8, 4) is 0 Å². The monoisotopic (exact) mass is 192 g/mol. The number of piperidine rings is 1. The highest BCUT2D eigenvalue weighted by Gasteiger charge is 2.19. The van der Waals surface area contributed by atoms with Gasteiger partial charge in [-0.25, -0.2) is 4.98 Å². The van der Waals surface area contributed by atoms with Crippen molar-refractivity contribution in [3.05, 3.63) is 18.6 Å². The van der Waals surface area contributed by atoms with Gasteiger partial charge in [0.25, 0.3) is 0 Å². The van der Waals surface area contributed by atoms with E-state index in [-0.39, 0.29) is 0 Å². The average Bonchev–Trinajstić information content (AvgIpc) is 2.30. The summed E-state index contributed by atoms with van der Waals surface area (Å²) in [5, 5.41) is 0. The van der Waals surface area contributed by atoms with Crippen LogP contribution in [-0.4, -0.2) is 29.6 Å². The molecule has 0 spiro atoms. The molecule has 1 aromatic heterocycles. The fourth-order valence-electron chi connectivity index (χ4n) is 1.92. The van der Waals surface area contributed by atoms with Gasteiger partial charge in [0.05, 0.1) is 6.20 Å². The van der Waals surface area contributed by atoms with Crippen molar-refractivity contribution in [3.63, 3.8) is 0 Å². The minimum atomic E-state index is 0.616. The third-order valence-corrected chi connectivity index (χ3v) is 2.73. The number of rotatable bonds is 2. The van der Waals surface area contributed by atoms with Crippen LogP contribution in [0.25, 0.3) is 0 Å². The maximum Gasteiger partial charge on any atom is 0.147 e. The smallest absolute Gasteiger partial charge is 0.147 e. The minimum Gasteiger partial charge on any atom is -0.355 e. The summed E-state index contributed by atoms with van der Waals surface area (Å²) in [4.78, 5) is 10.6. The van der Waals surface area contributed by atoms with Crippen molar-refractivity contribution in [1.29, 1.82) is 0 Å². The molecule has 1 aromatic rings. The summed E-state index contributed by atoms with van der Waals surface area (Å²) < 4.78 is 0. The Labute approximate surface area is 84.2 Å². The molecule has 2 rings (SSSR count). The second-order valence-corrected chi connectivity index (χ2v) is 3.75. The summed E-state index contributed by atoms with van der Waals surface area (Å²) in [6.07, 6.45) is 7.71. The molecule has 1 fully saturated rings. The summed E-state index contributed by atoms with van der Waals surface area (Å²) in [7, 11) is 0. The van der Waals surface area contributed by atoms with Gasteiger partial charge in [-0.3, -0.25) is 4.98 Å². The quantitative estimate of drug-likeness (QED) is 0.747. The highest BCUT2D eigenvalue weighted by Crippen LogP contribution is 2.19. The molecule has 1 aliphatic rings. The molecule has 4 nitrogen and oxygen atoms in total. The number of hydrogen-bond acceptors (Lipinski definition) is 4. The Bertz CT molecular complexity index is 275. The van der Waals surface area contributed by atoms with E-state index in [0.717, 1.165) is 25.5 Å². The van der Waals surface area contributed by atoms with Gasteiger partial charge in [-0.15, -0.1) is 0 Å². The summed E-state index contributed by atoms with van der Waals surface area (Å²) in [5.41, 5.74) is 5.68. The lowest BCUT2D eigenvalue weighted by Gasteiger charge is -2.32. The van der Waals surface area contributed by atoms with Crippen molar-refractivity contribution >= 4 is 5.82 Å². The first-order valence-electron chi connectivity index (χ1n) is 5.11. The largest absolute Gasteiger partial charge is 0.355 e. The van der Waals surface area contributed by atoms with Crippen LogP contribution in [0.3, 0.4) is 0 Å². The van der Waals surface area contributed by atoms with Crippen molar-refractivity contribution in [2.75, 3.05) is 24.5 Å². The highest BCUT2D eigenvalue weighted by atomic mass is 15.2. The molecule has 76 valence electrons. The molecule has 2 heterocycles. The Kier molecular flexibility index (Phi) is 2.93. The molecule has 0 saturated carbocycles. The van der Waals surface area contributed by atoms with Crippen LogP contribution in [-0.2, 0) is 0 Å². The topological polar surface area (TPSA) is 55.0 Å². The molecular weight excluding hydrogens is 176 g/mol. The van der Waals surface area contributed by atoms with Crippen LogP contribution >= 0.6 is 0 Å². The highest BCUT2D eigenvalue weighted by molar-refractivity contribution is 5.35. The van der Waals surface area contributed by atoms with E-state index in [1.807, 2.05) is 6.20 Å². The van der Waals surface area contributed by atoms with Gasteiger partial charge in [-0.05, 0) is 25.3 Å². The normalized spacial score (nSPS) is 22.4. The Hall–Kier alpha value is -1.16. The van der Waals surface area contributed by atoms with Gasteiger partial charge in [-0.1, -0.05) is 0 Å². The number of hydrogen-bond donors (Lipinski definition) is 1. The zero-order valence-electron chi connectivity index (χ0n) is 8.26. The molecule has 0 aromatic carbocycles. The summed E-state index contributed by atoms with van der Waals surface area (Å²) >= 11 is 0. The lowest BCUT2D eigenvalue weighted by atomic mass is 9.98. The molecule has 0 bridgehead atoms. The van der Waals surface area contributed by atoms with Crippen molar-refractivity contribution in [2.24, 2.45) is 11.7 Å². The van der Waals surface area contributed by atoms with Gasteiger partial charge in [0.2, 0.25) is 0 Å². The van der Waals surface area contributed by atoms with Gasteiger partial charge < -0.3 is 10.6 Å². The summed E-state index contributed by atoms with van der Waals surface area (Å²) in [6.45, 7) is 2.88. The Morgan fingerprint density at radius 3 is 3.14 bits per heavy atom. The summed E-state index contributed by atoms with van der Waals surface area (Å²) in [5.74, 6) is 1.59. The minimum absolute atomic E-state index is 0.616. The third-order valence-electron chi connectivity index (χ3n) is 2.73. The molecule has 1 aliphatic heterocycles. The first-order chi connectivity index (χ1) is 6.90. The number of anilines is 1. The predicted molar refractivity (Wildman–Crippen MR) is 56.0 cm³/mol. The van der Waals surface area contributed by atoms with E-state index in [2.05, 4.69) is 14.9 Å². The average molecular weight is 192 g/mol. The van der Waals surface area contributed by atoms with E-state index >= 15 is 0 Å². The zero-order valence-corrected chi connectivity index (χ0v) is 8.26.